The Balaban J connectivity index is 1.77. The lowest BCUT2D eigenvalue weighted by atomic mass is 10.1. The number of carbonyl (C=O) groups excluding carboxylic acids is 1. The normalized spacial score (nSPS) is 10.4. The van der Waals surface area contributed by atoms with E-state index in [-0.39, 0.29) is 11.6 Å². The van der Waals surface area contributed by atoms with Crippen LogP contribution < -0.4 is 5.32 Å². The number of nitro benzene ring substituents is 1. The molecule has 3 rings (SSSR count). The lowest BCUT2D eigenvalue weighted by Gasteiger charge is -2.03. The molecule has 0 saturated heterocycles. The van der Waals surface area contributed by atoms with Crippen molar-refractivity contribution >= 4 is 28.1 Å². The van der Waals surface area contributed by atoms with Crippen LogP contribution in [0.2, 0.25) is 0 Å². The van der Waals surface area contributed by atoms with Gasteiger partial charge in [-0.3, -0.25) is 20.2 Å². The molecule has 0 aliphatic heterocycles. The van der Waals surface area contributed by atoms with Crippen LogP contribution in [0.5, 0.6) is 0 Å². The Morgan fingerprint density at radius 2 is 1.83 bits per heavy atom. The second-order valence-corrected chi connectivity index (χ2v) is 5.96. The number of benzene rings is 2. The number of carbonyl (C=O) groups is 1. The van der Waals surface area contributed by atoms with Crippen molar-refractivity contribution in [2.75, 3.05) is 5.32 Å². The van der Waals surface area contributed by atoms with Crippen molar-refractivity contribution in [3.8, 4) is 10.6 Å². The van der Waals surface area contributed by atoms with Gasteiger partial charge in [-0.1, -0.05) is 29.5 Å². The minimum Gasteiger partial charge on any atom is -0.296 e. The first kappa shape index (κ1) is 15.8. The molecule has 1 heterocycles. The predicted octanol–water partition coefficient (Wildman–Crippen LogP) is 3.67. The number of aromatic nitrogens is 2. The number of nitrogens with zero attached hydrogens (tertiary/aromatic N) is 3. The fraction of sp³-hybridized carbons (Fsp3) is 0.0625. The summed E-state index contributed by atoms with van der Waals surface area (Å²) in [6.07, 6.45) is 0. The fourth-order valence-electron chi connectivity index (χ4n) is 2.11. The van der Waals surface area contributed by atoms with Crippen LogP contribution in [0.15, 0.2) is 48.5 Å². The van der Waals surface area contributed by atoms with E-state index in [2.05, 4.69) is 15.5 Å². The van der Waals surface area contributed by atoms with Crippen LogP contribution in [0, 0.1) is 17.0 Å². The minimum atomic E-state index is -0.461. The molecule has 0 atom stereocenters. The van der Waals surface area contributed by atoms with Gasteiger partial charge in [-0.25, -0.2) is 0 Å². The smallest absolute Gasteiger partial charge is 0.269 e. The number of hydrogen-bond acceptors (Lipinski definition) is 6. The zero-order chi connectivity index (χ0) is 17.1. The summed E-state index contributed by atoms with van der Waals surface area (Å²) in [6.45, 7) is 1.86. The first-order chi connectivity index (χ1) is 11.5. The molecule has 0 unspecified atom stereocenters. The van der Waals surface area contributed by atoms with Gasteiger partial charge in [0.2, 0.25) is 5.13 Å². The maximum absolute atomic E-state index is 12.3. The van der Waals surface area contributed by atoms with Gasteiger partial charge in [0.15, 0.2) is 0 Å². The molecule has 120 valence electrons. The first-order valence-corrected chi connectivity index (χ1v) is 7.81. The van der Waals surface area contributed by atoms with Gasteiger partial charge in [0, 0.05) is 23.3 Å². The van der Waals surface area contributed by atoms with Gasteiger partial charge in [-0.05, 0) is 30.7 Å². The van der Waals surface area contributed by atoms with Gasteiger partial charge >= 0.3 is 0 Å². The maximum atomic E-state index is 12.3. The molecule has 1 aromatic heterocycles. The van der Waals surface area contributed by atoms with E-state index in [1.54, 1.807) is 24.3 Å². The Bertz CT molecular complexity index is 906. The zero-order valence-corrected chi connectivity index (χ0v) is 13.4. The Morgan fingerprint density at radius 1 is 1.12 bits per heavy atom. The van der Waals surface area contributed by atoms with Crippen LogP contribution in [-0.4, -0.2) is 21.0 Å². The second-order valence-electron chi connectivity index (χ2n) is 4.99. The largest absolute Gasteiger partial charge is 0.296 e. The fourth-order valence-corrected chi connectivity index (χ4v) is 2.85. The van der Waals surface area contributed by atoms with Crippen molar-refractivity contribution in [3.05, 3.63) is 69.8 Å². The Morgan fingerprint density at radius 3 is 2.50 bits per heavy atom. The Kier molecular flexibility index (Phi) is 4.30. The molecule has 24 heavy (non-hydrogen) atoms. The van der Waals surface area contributed by atoms with Gasteiger partial charge in [0.25, 0.3) is 11.6 Å². The van der Waals surface area contributed by atoms with E-state index >= 15 is 0 Å². The van der Waals surface area contributed by atoms with Crippen LogP contribution in [0.25, 0.3) is 10.6 Å². The molecule has 8 heteroatoms. The third-order valence-electron chi connectivity index (χ3n) is 3.36. The van der Waals surface area contributed by atoms with Crippen LogP contribution in [0.4, 0.5) is 10.8 Å². The van der Waals surface area contributed by atoms with Crippen molar-refractivity contribution in [2.24, 2.45) is 0 Å². The number of hydrogen-bond donors (Lipinski definition) is 1. The number of rotatable bonds is 4. The lowest BCUT2D eigenvalue weighted by Crippen LogP contribution is -2.12. The van der Waals surface area contributed by atoms with Crippen molar-refractivity contribution in [1.82, 2.24) is 10.2 Å². The molecule has 0 bridgehead atoms. The molecule has 0 aliphatic rings. The minimum absolute atomic E-state index is 0.0105. The number of amides is 1. The standard InChI is InChI=1S/C16H12N4O3S/c1-10-4-2-3-5-13(10)14(21)17-16-19-18-15(24-16)11-6-8-12(9-7-11)20(22)23/h2-9H,1H3,(H,17,19,21). The number of aryl methyl sites for hydroxylation is 1. The highest BCUT2D eigenvalue weighted by molar-refractivity contribution is 7.18. The van der Waals surface area contributed by atoms with Crippen LogP contribution in [0.3, 0.4) is 0 Å². The second kappa shape index (κ2) is 6.55. The van der Waals surface area contributed by atoms with Crippen LogP contribution in [-0.2, 0) is 0 Å². The average molecular weight is 340 g/mol. The Hall–Kier alpha value is -3.13. The molecule has 1 N–H and O–H groups in total. The van der Waals surface area contributed by atoms with Crippen molar-refractivity contribution < 1.29 is 9.72 Å². The summed E-state index contributed by atoms with van der Waals surface area (Å²) in [6, 6.07) is 13.3. The lowest BCUT2D eigenvalue weighted by molar-refractivity contribution is -0.384. The summed E-state index contributed by atoms with van der Waals surface area (Å²) in [5.74, 6) is -0.250. The maximum Gasteiger partial charge on any atom is 0.269 e. The van der Waals surface area contributed by atoms with E-state index in [4.69, 9.17) is 0 Å². The summed E-state index contributed by atoms with van der Waals surface area (Å²) >= 11 is 1.21. The van der Waals surface area contributed by atoms with E-state index in [1.807, 2.05) is 19.1 Å². The SMILES string of the molecule is Cc1ccccc1C(=O)Nc1nnc(-c2ccc([N+](=O)[O-])cc2)s1. The molecule has 0 fully saturated rings. The molecule has 3 aromatic rings. The molecular weight excluding hydrogens is 328 g/mol. The molecule has 7 nitrogen and oxygen atoms in total. The number of non-ortho nitro benzene ring substituents is 1. The van der Waals surface area contributed by atoms with Crippen molar-refractivity contribution in [3.63, 3.8) is 0 Å². The molecule has 0 saturated carbocycles. The van der Waals surface area contributed by atoms with E-state index in [9.17, 15) is 14.9 Å². The molecule has 0 spiro atoms. The number of anilines is 1. The zero-order valence-electron chi connectivity index (χ0n) is 12.6. The van der Waals surface area contributed by atoms with E-state index < -0.39 is 4.92 Å². The molecule has 0 aliphatic carbocycles. The number of nitrogens with one attached hydrogen (secondary N) is 1. The molecule has 0 radical (unpaired) electrons. The van der Waals surface area contributed by atoms with Gasteiger partial charge in [-0.15, -0.1) is 10.2 Å². The van der Waals surface area contributed by atoms with E-state index in [0.29, 0.717) is 21.3 Å². The quantitative estimate of drug-likeness (QED) is 0.577. The van der Waals surface area contributed by atoms with E-state index in [1.165, 1.54) is 23.5 Å². The summed E-state index contributed by atoms with van der Waals surface area (Å²) in [7, 11) is 0. The predicted molar refractivity (Wildman–Crippen MR) is 91.1 cm³/mol. The van der Waals surface area contributed by atoms with Gasteiger partial charge < -0.3 is 0 Å². The average Bonchev–Trinajstić information content (AvgIpc) is 3.03. The van der Waals surface area contributed by atoms with Crippen LogP contribution in [0.1, 0.15) is 15.9 Å². The van der Waals surface area contributed by atoms with Crippen molar-refractivity contribution in [2.45, 2.75) is 6.92 Å². The monoisotopic (exact) mass is 340 g/mol. The first-order valence-electron chi connectivity index (χ1n) is 7.00. The molecular formula is C16H12N4O3S. The summed E-state index contributed by atoms with van der Waals surface area (Å²) in [4.78, 5) is 22.5. The summed E-state index contributed by atoms with van der Waals surface area (Å²) < 4.78 is 0. The van der Waals surface area contributed by atoms with E-state index in [0.717, 1.165) is 5.56 Å². The number of nitro groups is 1. The summed E-state index contributed by atoms with van der Waals surface area (Å²) in [5, 5.41) is 22.3. The molecule has 2 aromatic carbocycles. The van der Waals surface area contributed by atoms with Gasteiger partial charge in [0.1, 0.15) is 5.01 Å². The highest BCUT2D eigenvalue weighted by Gasteiger charge is 2.13. The summed E-state index contributed by atoms with van der Waals surface area (Å²) in [5.41, 5.74) is 2.16. The topological polar surface area (TPSA) is 98.0 Å². The van der Waals surface area contributed by atoms with Gasteiger partial charge in [0.05, 0.1) is 4.92 Å². The highest BCUT2D eigenvalue weighted by Crippen LogP contribution is 2.28. The van der Waals surface area contributed by atoms with Crippen LogP contribution >= 0.6 is 11.3 Å². The molecule has 1 amide bonds. The van der Waals surface area contributed by atoms with Gasteiger partial charge in [-0.2, -0.15) is 0 Å². The third-order valence-corrected chi connectivity index (χ3v) is 4.25. The van der Waals surface area contributed by atoms with Crippen molar-refractivity contribution in [1.29, 1.82) is 0 Å². The highest BCUT2D eigenvalue weighted by atomic mass is 32.1. The third kappa shape index (κ3) is 3.28. The Labute approximate surface area is 141 Å².